The van der Waals surface area contributed by atoms with Gasteiger partial charge < -0.3 is 10.5 Å². The van der Waals surface area contributed by atoms with E-state index in [-0.39, 0.29) is 21.9 Å². The van der Waals surface area contributed by atoms with E-state index in [9.17, 15) is 9.59 Å². The Balaban J connectivity index is 2.21. The van der Waals surface area contributed by atoms with Gasteiger partial charge >= 0.3 is 5.97 Å². The second kappa shape index (κ2) is 5.29. The lowest BCUT2D eigenvalue weighted by molar-refractivity contribution is 0.0739. The fourth-order valence-electron chi connectivity index (χ4n) is 1.29. The summed E-state index contributed by atoms with van der Waals surface area (Å²) in [6.45, 7) is 0. The van der Waals surface area contributed by atoms with Crippen LogP contribution in [0.25, 0.3) is 0 Å². The molecule has 0 radical (unpaired) electrons. The van der Waals surface area contributed by atoms with Crippen molar-refractivity contribution in [3.63, 3.8) is 0 Å². The van der Waals surface area contributed by atoms with E-state index in [0.717, 1.165) is 11.5 Å². The van der Waals surface area contributed by atoms with Crippen molar-refractivity contribution in [3.05, 3.63) is 46.5 Å². The minimum Gasteiger partial charge on any atom is -0.421 e. The van der Waals surface area contributed by atoms with Crippen molar-refractivity contribution in [2.45, 2.75) is 0 Å². The minimum atomic E-state index is -0.715. The summed E-state index contributed by atoms with van der Waals surface area (Å²) in [5.41, 5.74) is 5.29. The molecule has 0 bridgehead atoms. The highest BCUT2D eigenvalue weighted by molar-refractivity contribution is 7.08. The number of ether oxygens (including phenoxy) is 1. The van der Waals surface area contributed by atoms with E-state index in [1.807, 2.05) is 6.07 Å². The van der Waals surface area contributed by atoms with Gasteiger partial charge in [0, 0.05) is 0 Å². The van der Waals surface area contributed by atoms with Crippen LogP contribution in [-0.2, 0) is 0 Å². The highest BCUT2D eigenvalue weighted by Crippen LogP contribution is 2.19. The van der Waals surface area contributed by atoms with E-state index in [1.54, 1.807) is 12.1 Å². The molecule has 1 aromatic heterocycles. The maximum absolute atomic E-state index is 11.8. The molecular weight excluding hydrogens is 266 g/mol. The highest BCUT2D eigenvalue weighted by atomic mass is 32.1. The van der Waals surface area contributed by atoms with Gasteiger partial charge in [0.15, 0.2) is 0 Å². The van der Waals surface area contributed by atoms with Gasteiger partial charge in [0.1, 0.15) is 22.4 Å². The van der Waals surface area contributed by atoms with Crippen LogP contribution in [-0.4, -0.2) is 16.3 Å². The molecule has 0 aliphatic heterocycles. The number of nitrogens with two attached hydrogens (primary N) is 1. The molecule has 0 fully saturated rings. The third-order valence-corrected chi connectivity index (χ3v) is 2.94. The summed E-state index contributed by atoms with van der Waals surface area (Å²) < 4.78 is 8.79. The Kier molecular flexibility index (Phi) is 3.54. The topological polar surface area (TPSA) is 106 Å². The number of nitriles is 1. The van der Waals surface area contributed by atoms with Crippen molar-refractivity contribution in [1.29, 1.82) is 5.26 Å². The number of carbonyl (C=O) groups is 2. The van der Waals surface area contributed by atoms with Gasteiger partial charge in [-0.15, -0.1) is 0 Å². The number of benzene rings is 1. The molecule has 7 heteroatoms. The van der Waals surface area contributed by atoms with Crippen LogP contribution in [0.5, 0.6) is 5.75 Å². The van der Waals surface area contributed by atoms with Gasteiger partial charge in [0.25, 0.3) is 5.91 Å². The van der Waals surface area contributed by atoms with E-state index < -0.39 is 11.9 Å². The van der Waals surface area contributed by atoms with Gasteiger partial charge in [0.2, 0.25) is 0 Å². The molecule has 2 aromatic rings. The minimum absolute atomic E-state index is 0.00511. The third-order valence-electron chi connectivity index (χ3n) is 2.17. The van der Waals surface area contributed by atoms with Crippen LogP contribution in [0.3, 0.4) is 0 Å². The van der Waals surface area contributed by atoms with Gasteiger partial charge in [-0.1, -0.05) is 12.1 Å². The van der Waals surface area contributed by atoms with Gasteiger partial charge in [-0.05, 0) is 29.7 Å². The van der Waals surface area contributed by atoms with Crippen molar-refractivity contribution in [1.82, 2.24) is 4.37 Å². The lowest BCUT2D eigenvalue weighted by Gasteiger charge is -2.03. The van der Waals surface area contributed by atoms with Crippen LogP contribution in [0.2, 0.25) is 0 Å². The molecule has 94 valence electrons. The highest BCUT2D eigenvalue weighted by Gasteiger charge is 2.16. The summed E-state index contributed by atoms with van der Waals surface area (Å²) in [6, 6.07) is 9.51. The molecule has 0 unspecified atom stereocenters. The Labute approximate surface area is 112 Å². The SMILES string of the molecule is N#Cc1ccccc1OC(=O)c1cc(C(N)=O)ns1. The monoisotopic (exact) mass is 273 g/mol. The number of rotatable bonds is 3. The van der Waals surface area contributed by atoms with Gasteiger partial charge in [-0.25, -0.2) is 4.79 Å². The van der Waals surface area contributed by atoms with Crippen LogP contribution in [0.4, 0.5) is 0 Å². The Morgan fingerprint density at radius 2 is 2.11 bits per heavy atom. The second-order valence-corrected chi connectivity index (χ2v) is 4.24. The number of primary amides is 1. The Bertz CT molecular complexity index is 688. The number of esters is 1. The molecule has 19 heavy (non-hydrogen) atoms. The van der Waals surface area contributed by atoms with E-state index in [4.69, 9.17) is 15.7 Å². The standard InChI is InChI=1S/C12H7N3O3S/c13-6-7-3-1-2-4-9(7)18-12(17)10-5-8(11(14)16)15-19-10/h1-5H,(H2,14,16). The summed E-state index contributed by atoms with van der Waals surface area (Å²) in [4.78, 5) is 22.8. The normalized spacial score (nSPS) is 9.63. The summed E-state index contributed by atoms with van der Waals surface area (Å²) in [5.74, 6) is -1.25. The molecule has 0 saturated heterocycles. The number of nitrogens with zero attached hydrogens (tertiary/aromatic N) is 2. The maximum atomic E-state index is 11.8. The third kappa shape index (κ3) is 2.75. The van der Waals surface area contributed by atoms with E-state index in [0.29, 0.717) is 0 Å². The number of hydrogen-bond acceptors (Lipinski definition) is 6. The molecule has 1 heterocycles. The van der Waals surface area contributed by atoms with Crippen molar-refractivity contribution in [2.24, 2.45) is 5.73 Å². The predicted octanol–water partition coefficient (Wildman–Crippen LogP) is 1.33. The first-order valence-corrected chi connectivity index (χ1v) is 5.87. The maximum Gasteiger partial charge on any atom is 0.355 e. The summed E-state index contributed by atoms with van der Waals surface area (Å²) in [6.07, 6.45) is 0. The van der Waals surface area contributed by atoms with Crippen LogP contribution in [0.15, 0.2) is 30.3 Å². The zero-order chi connectivity index (χ0) is 13.8. The van der Waals surface area contributed by atoms with Crippen molar-refractivity contribution in [2.75, 3.05) is 0 Å². The molecule has 2 N–H and O–H groups in total. The van der Waals surface area contributed by atoms with Crippen LogP contribution in [0.1, 0.15) is 25.7 Å². The average molecular weight is 273 g/mol. The van der Waals surface area contributed by atoms with Gasteiger partial charge in [-0.2, -0.15) is 9.64 Å². The molecule has 0 spiro atoms. The van der Waals surface area contributed by atoms with Gasteiger partial charge in [0.05, 0.1) is 5.56 Å². The Hall–Kier alpha value is -2.72. The lowest BCUT2D eigenvalue weighted by Crippen LogP contribution is -2.11. The van der Waals surface area contributed by atoms with Gasteiger partial charge in [-0.3, -0.25) is 4.79 Å². The molecule has 6 nitrogen and oxygen atoms in total. The molecule has 1 amide bonds. The first-order valence-electron chi connectivity index (χ1n) is 5.09. The molecule has 0 aliphatic rings. The lowest BCUT2D eigenvalue weighted by atomic mass is 10.2. The fraction of sp³-hybridized carbons (Fsp3) is 0. The van der Waals surface area contributed by atoms with Crippen molar-refractivity contribution in [3.8, 4) is 11.8 Å². The second-order valence-electron chi connectivity index (χ2n) is 3.44. The fourth-order valence-corrected chi connectivity index (χ4v) is 1.91. The van der Waals surface area contributed by atoms with Crippen LogP contribution < -0.4 is 10.5 Å². The van der Waals surface area contributed by atoms with Crippen molar-refractivity contribution >= 4 is 23.4 Å². The molecular formula is C12H7N3O3S. The largest absolute Gasteiger partial charge is 0.421 e. The van der Waals surface area contributed by atoms with Crippen LogP contribution >= 0.6 is 11.5 Å². The first-order chi connectivity index (χ1) is 9.11. The molecule has 0 saturated carbocycles. The molecule has 0 atom stereocenters. The number of hydrogen-bond donors (Lipinski definition) is 1. The van der Waals surface area contributed by atoms with Crippen molar-refractivity contribution < 1.29 is 14.3 Å². The summed E-state index contributed by atoms with van der Waals surface area (Å²) in [5, 5.41) is 8.87. The first kappa shape index (κ1) is 12.7. The Morgan fingerprint density at radius 1 is 1.37 bits per heavy atom. The van der Waals surface area contributed by atoms with Crippen LogP contribution in [0, 0.1) is 11.3 Å². The number of para-hydroxylation sites is 1. The molecule has 2 rings (SSSR count). The van der Waals surface area contributed by atoms with E-state index >= 15 is 0 Å². The zero-order valence-corrected chi connectivity index (χ0v) is 10.3. The average Bonchev–Trinajstić information content (AvgIpc) is 2.89. The summed E-state index contributed by atoms with van der Waals surface area (Å²) in [7, 11) is 0. The molecule has 0 aliphatic carbocycles. The number of carbonyl (C=O) groups excluding carboxylic acids is 2. The molecule has 1 aromatic carbocycles. The smallest absolute Gasteiger partial charge is 0.355 e. The number of aromatic nitrogens is 1. The Morgan fingerprint density at radius 3 is 2.74 bits per heavy atom. The summed E-state index contributed by atoms with van der Waals surface area (Å²) >= 11 is 0.810. The zero-order valence-electron chi connectivity index (χ0n) is 9.49. The predicted molar refractivity (Wildman–Crippen MR) is 66.7 cm³/mol. The quantitative estimate of drug-likeness (QED) is 0.670. The van der Waals surface area contributed by atoms with E-state index in [2.05, 4.69) is 4.37 Å². The number of amides is 1. The van der Waals surface area contributed by atoms with E-state index in [1.165, 1.54) is 18.2 Å².